The fourth-order valence-corrected chi connectivity index (χ4v) is 2.37. The van der Waals surface area contributed by atoms with E-state index in [1.54, 1.807) is 7.11 Å². The molecule has 1 aromatic carbocycles. The fraction of sp³-hybridized carbons (Fsp3) is 0.462. The zero-order valence-electron chi connectivity index (χ0n) is 9.75. The van der Waals surface area contributed by atoms with Gasteiger partial charge in [0.05, 0.1) is 7.11 Å². The summed E-state index contributed by atoms with van der Waals surface area (Å²) < 4.78 is 5.22. The molecule has 1 unspecified atom stereocenters. The average molecular weight is 219 g/mol. The third-order valence-corrected chi connectivity index (χ3v) is 3.35. The van der Waals surface area contributed by atoms with Crippen LogP contribution in [0.1, 0.15) is 35.7 Å². The molecule has 1 heterocycles. The lowest BCUT2D eigenvalue weighted by Gasteiger charge is -2.26. The predicted molar refractivity (Wildman–Crippen MR) is 63.0 cm³/mol. The third-order valence-electron chi connectivity index (χ3n) is 3.35. The van der Waals surface area contributed by atoms with Gasteiger partial charge in [-0.3, -0.25) is 4.79 Å². The lowest BCUT2D eigenvalue weighted by atomic mass is 9.87. The average Bonchev–Trinajstić information content (AvgIpc) is 2.76. The number of hydrogen-bond donors (Lipinski definition) is 1. The number of rotatable bonds is 3. The number of carbonyl (C=O) groups is 1. The molecule has 86 valence electrons. The van der Waals surface area contributed by atoms with Crippen LogP contribution in [0.5, 0.6) is 5.75 Å². The molecule has 0 bridgehead atoms. The molecular formula is C13H17NO2. The molecule has 1 aliphatic heterocycles. The zero-order valence-corrected chi connectivity index (χ0v) is 9.75. The first-order valence-electron chi connectivity index (χ1n) is 5.58. The van der Waals surface area contributed by atoms with Crippen LogP contribution in [0.15, 0.2) is 18.2 Å². The van der Waals surface area contributed by atoms with Crippen molar-refractivity contribution in [1.29, 1.82) is 0 Å². The second kappa shape index (κ2) is 4.26. The van der Waals surface area contributed by atoms with E-state index in [2.05, 4.69) is 12.2 Å². The predicted octanol–water partition coefficient (Wildman–Crippen LogP) is 2.11. The zero-order chi connectivity index (χ0) is 11.6. The Bertz CT molecular complexity index is 395. The minimum Gasteiger partial charge on any atom is -0.497 e. The van der Waals surface area contributed by atoms with Crippen LogP contribution < -0.4 is 10.1 Å². The monoisotopic (exact) mass is 219 g/mol. The standard InChI is InChI=1S/C13H17NO2/c1-13(6-3-7-14-13)12-8-11(16-2)5-4-10(12)9-15/h4-5,8-9,14H,3,6-7H2,1-2H3. The van der Waals surface area contributed by atoms with E-state index in [-0.39, 0.29) is 5.54 Å². The van der Waals surface area contributed by atoms with E-state index in [4.69, 9.17) is 4.74 Å². The molecule has 1 saturated heterocycles. The Morgan fingerprint density at radius 2 is 2.31 bits per heavy atom. The van der Waals surface area contributed by atoms with Crippen molar-refractivity contribution in [2.75, 3.05) is 13.7 Å². The number of nitrogens with one attached hydrogen (secondary N) is 1. The van der Waals surface area contributed by atoms with Crippen molar-refractivity contribution in [2.24, 2.45) is 0 Å². The molecule has 0 aliphatic carbocycles. The highest BCUT2D eigenvalue weighted by Crippen LogP contribution is 2.34. The summed E-state index contributed by atoms with van der Waals surface area (Å²) in [5.74, 6) is 0.801. The first-order valence-corrected chi connectivity index (χ1v) is 5.58. The summed E-state index contributed by atoms with van der Waals surface area (Å²) in [5.41, 5.74) is 1.70. The van der Waals surface area contributed by atoms with Gasteiger partial charge in [-0.2, -0.15) is 0 Å². The Labute approximate surface area is 95.8 Å². The second-order valence-corrected chi connectivity index (χ2v) is 4.43. The van der Waals surface area contributed by atoms with Gasteiger partial charge in [0, 0.05) is 11.1 Å². The van der Waals surface area contributed by atoms with Crippen LogP contribution in [0.2, 0.25) is 0 Å². The smallest absolute Gasteiger partial charge is 0.150 e. The minimum atomic E-state index is -0.0925. The molecule has 0 aromatic heterocycles. The summed E-state index contributed by atoms with van der Waals surface area (Å²) in [7, 11) is 1.64. The van der Waals surface area contributed by atoms with E-state index in [1.807, 2.05) is 18.2 Å². The van der Waals surface area contributed by atoms with E-state index in [1.165, 1.54) is 0 Å². The molecule has 0 amide bonds. The number of ether oxygens (including phenoxy) is 1. The van der Waals surface area contributed by atoms with Gasteiger partial charge in [-0.15, -0.1) is 0 Å². The van der Waals surface area contributed by atoms with Crippen molar-refractivity contribution in [1.82, 2.24) is 5.32 Å². The van der Waals surface area contributed by atoms with Crippen molar-refractivity contribution < 1.29 is 9.53 Å². The maximum absolute atomic E-state index is 11.1. The normalized spacial score (nSPS) is 24.4. The van der Waals surface area contributed by atoms with Crippen LogP contribution in [0.3, 0.4) is 0 Å². The van der Waals surface area contributed by atoms with Gasteiger partial charge in [0.2, 0.25) is 0 Å². The fourth-order valence-electron chi connectivity index (χ4n) is 2.37. The Morgan fingerprint density at radius 3 is 2.88 bits per heavy atom. The largest absolute Gasteiger partial charge is 0.497 e. The molecule has 1 aromatic rings. The van der Waals surface area contributed by atoms with Gasteiger partial charge >= 0.3 is 0 Å². The van der Waals surface area contributed by atoms with Crippen LogP contribution in [0.4, 0.5) is 0 Å². The molecule has 1 N–H and O–H groups in total. The Morgan fingerprint density at radius 1 is 1.50 bits per heavy atom. The van der Waals surface area contributed by atoms with Crippen LogP contribution >= 0.6 is 0 Å². The lowest BCUT2D eigenvalue weighted by Crippen LogP contribution is -2.34. The Hall–Kier alpha value is -1.35. The first-order chi connectivity index (χ1) is 7.69. The summed E-state index contributed by atoms with van der Waals surface area (Å²) in [5, 5.41) is 3.46. The van der Waals surface area contributed by atoms with Gasteiger partial charge in [0.15, 0.2) is 0 Å². The van der Waals surface area contributed by atoms with Crippen LogP contribution in [-0.2, 0) is 5.54 Å². The Balaban J connectivity index is 2.47. The van der Waals surface area contributed by atoms with Crippen molar-refractivity contribution in [3.63, 3.8) is 0 Å². The van der Waals surface area contributed by atoms with Gasteiger partial charge in [-0.1, -0.05) is 0 Å². The maximum Gasteiger partial charge on any atom is 0.150 e. The van der Waals surface area contributed by atoms with Crippen molar-refractivity contribution in [3.05, 3.63) is 29.3 Å². The molecule has 0 radical (unpaired) electrons. The van der Waals surface area contributed by atoms with Gasteiger partial charge in [-0.25, -0.2) is 0 Å². The summed E-state index contributed by atoms with van der Waals surface area (Å²) in [4.78, 5) is 11.1. The highest BCUT2D eigenvalue weighted by atomic mass is 16.5. The van der Waals surface area contributed by atoms with Gasteiger partial charge in [-0.05, 0) is 50.1 Å². The lowest BCUT2D eigenvalue weighted by molar-refractivity contribution is 0.112. The number of benzene rings is 1. The minimum absolute atomic E-state index is 0.0925. The SMILES string of the molecule is COc1ccc(C=O)c(C2(C)CCCN2)c1. The van der Waals surface area contributed by atoms with E-state index in [0.717, 1.165) is 42.5 Å². The van der Waals surface area contributed by atoms with Crippen LogP contribution in [-0.4, -0.2) is 19.9 Å². The first kappa shape index (κ1) is 11.1. The maximum atomic E-state index is 11.1. The number of hydrogen-bond acceptors (Lipinski definition) is 3. The summed E-state index contributed by atoms with van der Waals surface area (Å²) in [6, 6.07) is 5.61. The summed E-state index contributed by atoms with van der Waals surface area (Å²) in [6.07, 6.45) is 3.12. The molecule has 1 aliphatic rings. The van der Waals surface area contributed by atoms with Gasteiger partial charge in [0.25, 0.3) is 0 Å². The second-order valence-electron chi connectivity index (χ2n) is 4.43. The van der Waals surface area contributed by atoms with Gasteiger partial charge < -0.3 is 10.1 Å². The molecule has 16 heavy (non-hydrogen) atoms. The van der Waals surface area contributed by atoms with Crippen LogP contribution in [0.25, 0.3) is 0 Å². The topological polar surface area (TPSA) is 38.3 Å². The number of methoxy groups -OCH3 is 1. The number of aldehydes is 1. The molecule has 1 fully saturated rings. The highest BCUT2D eigenvalue weighted by molar-refractivity contribution is 5.78. The van der Waals surface area contributed by atoms with Crippen molar-refractivity contribution in [3.8, 4) is 5.75 Å². The van der Waals surface area contributed by atoms with E-state index >= 15 is 0 Å². The quantitative estimate of drug-likeness (QED) is 0.791. The van der Waals surface area contributed by atoms with Gasteiger partial charge in [0.1, 0.15) is 12.0 Å². The molecular weight excluding hydrogens is 202 g/mol. The molecule has 3 heteroatoms. The van der Waals surface area contributed by atoms with Crippen molar-refractivity contribution >= 4 is 6.29 Å². The van der Waals surface area contributed by atoms with E-state index in [0.29, 0.717) is 0 Å². The summed E-state index contributed by atoms with van der Waals surface area (Å²) >= 11 is 0. The molecule has 0 spiro atoms. The van der Waals surface area contributed by atoms with Crippen molar-refractivity contribution in [2.45, 2.75) is 25.3 Å². The number of carbonyl (C=O) groups excluding carboxylic acids is 1. The molecule has 1 atom stereocenters. The summed E-state index contributed by atoms with van der Waals surface area (Å²) in [6.45, 7) is 3.15. The highest BCUT2D eigenvalue weighted by Gasteiger charge is 2.32. The molecule has 2 rings (SSSR count). The van der Waals surface area contributed by atoms with E-state index in [9.17, 15) is 4.79 Å². The Kier molecular flexibility index (Phi) is 2.97. The molecule has 0 saturated carbocycles. The third kappa shape index (κ3) is 1.83. The molecule has 3 nitrogen and oxygen atoms in total. The van der Waals surface area contributed by atoms with E-state index < -0.39 is 0 Å². The van der Waals surface area contributed by atoms with Crippen LogP contribution in [0, 0.1) is 0 Å².